The largest absolute Gasteiger partial charge is 0.310 e. The van der Waals surface area contributed by atoms with Gasteiger partial charge in [-0.2, -0.15) is 5.26 Å². The van der Waals surface area contributed by atoms with Gasteiger partial charge >= 0.3 is 0 Å². The van der Waals surface area contributed by atoms with Crippen molar-refractivity contribution in [1.29, 1.82) is 5.26 Å². The van der Waals surface area contributed by atoms with E-state index in [1.165, 1.54) is 0 Å². The third-order valence-electron chi connectivity index (χ3n) is 3.15. The van der Waals surface area contributed by atoms with Gasteiger partial charge in [0.1, 0.15) is 17.4 Å². The molecule has 0 saturated carbocycles. The highest BCUT2D eigenvalue weighted by Crippen LogP contribution is 2.36. The van der Waals surface area contributed by atoms with Gasteiger partial charge in [-0.3, -0.25) is 9.78 Å². The van der Waals surface area contributed by atoms with E-state index in [9.17, 15) is 4.79 Å². The molecule has 3 rings (SSSR count). The molecule has 0 fully saturated rings. The summed E-state index contributed by atoms with van der Waals surface area (Å²) in [6.45, 7) is 1.98. The number of rotatable bonds is 0. The fraction of sp³-hybridized carbons (Fsp3) is 0.231. The molecule has 0 aliphatic carbocycles. The number of nitrogens with zero attached hydrogens (tertiary/aromatic N) is 3. The average molecular weight is 238 g/mol. The molecule has 1 N–H and O–H groups in total. The van der Waals surface area contributed by atoms with E-state index in [0.29, 0.717) is 17.8 Å². The molecule has 5 heteroatoms. The van der Waals surface area contributed by atoms with Crippen molar-refractivity contribution in [2.75, 3.05) is 5.32 Å². The maximum Gasteiger partial charge on any atom is 0.226 e. The van der Waals surface area contributed by atoms with E-state index >= 15 is 0 Å². The Kier molecular flexibility index (Phi) is 2.23. The number of hydrogen-bond acceptors (Lipinski definition) is 4. The molecule has 0 aromatic carbocycles. The van der Waals surface area contributed by atoms with Crippen LogP contribution in [0.4, 0.5) is 5.82 Å². The van der Waals surface area contributed by atoms with Gasteiger partial charge in [-0.1, -0.05) is 13.0 Å². The van der Waals surface area contributed by atoms with Crippen molar-refractivity contribution >= 4 is 22.6 Å². The molecule has 1 atom stereocenters. The van der Waals surface area contributed by atoms with Crippen LogP contribution in [0.5, 0.6) is 0 Å². The topological polar surface area (TPSA) is 78.7 Å². The fourth-order valence-electron chi connectivity index (χ4n) is 2.40. The lowest BCUT2D eigenvalue weighted by atomic mass is 9.91. The molecule has 18 heavy (non-hydrogen) atoms. The van der Waals surface area contributed by atoms with E-state index in [2.05, 4.69) is 15.3 Å². The maximum atomic E-state index is 11.5. The van der Waals surface area contributed by atoms with Crippen molar-refractivity contribution in [1.82, 2.24) is 9.97 Å². The van der Waals surface area contributed by atoms with Crippen LogP contribution >= 0.6 is 0 Å². The number of carbonyl (C=O) groups excluding carboxylic acids is 1. The van der Waals surface area contributed by atoms with Crippen LogP contribution in [-0.4, -0.2) is 15.9 Å². The Balaban J connectivity index is 2.41. The second-order valence-electron chi connectivity index (χ2n) is 4.39. The summed E-state index contributed by atoms with van der Waals surface area (Å²) in [5.41, 5.74) is 1.82. The first-order valence-electron chi connectivity index (χ1n) is 5.69. The number of carbonyl (C=O) groups is 1. The summed E-state index contributed by atoms with van der Waals surface area (Å²) < 4.78 is 0. The van der Waals surface area contributed by atoms with Crippen molar-refractivity contribution in [3.63, 3.8) is 0 Å². The molecule has 1 aliphatic rings. The molecule has 0 spiro atoms. The van der Waals surface area contributed by atoms with Crippen LogP contribution in [0.25, 0.3) is 10.9 Å². The summed E-state index contributed by atoms with van der Waals surface area (Å²) in [7, 11) is 0. The van der Waals surface area contributed by atoms with Crippen molar-refractivity contribution in [2.45, 2.75) is 19.3 Å². The number of pyridine rings is 2. The molecule has 0 bridgehead atoms. The first kappa shape index (κ1) is 10.7. The lowest BCUT2D eigenvalue weighted by Gasteiger charge is -2.23. The number of aromatic nitrogens is 2. The van der Waals surface area contributed by atoms with Crippen LogP contribution in [-0.2, 0) is 4.79 Å². The first-order chi connectivity index (χ1) is 8.70. The number of fused-ring (bicyclic) bond motifs is 3. The van der Waals surface area contributed by atoms with Crippen molar-refractivity contribution in [3.8, 4) is 6.07 Å². The van der Waals surface area contributed by atoms with E-state index in [-0.39, 0.29) is 17.5 Å². The summed E-state index contributed by atoms with van der Waals surface area (Å²) >= 11 is 0. The van der Waals surface area contributed by atoms with E-state index in [1.54, 1.807) is 6.20 Å². The highest BCUT2D eigenvalue weighted by molar-refractivity contribution is 5.99. The third kappa shape index (κ3) is 1.43. The van der Waals surface area contributed by atoms with Gasteiger partial charge in [-0.15, -0.1) is 0 Å². The molecular formula is C13H10N4O. The molecule has 1 unspecified atom stereocenters. The predicted octanol–water partition coefficient (Wildman–Crippen LogP) is 1.95. The van der Waals surface area contributed by atoms with Crippen LogP contribution in [0.15, 0.2) is 18.3 Å². The minimum Gasteiger partial charge on any atom is -0.310 e. The maximum absolute atomic E-state index is 11.5. The van der Waals surface area contributed by atoms with Crippen molar-refractivity contribution < 1.29 is 4.79 Å². The number of hydrogen-bond donors (Lipinski definition) is 1. The SMILES string of the molecule is CC1CC(=O)Nc2nc(C#N)c3ncccc3c21. The van der Waals surface area contributed by atoms with Crippen LogP contribution in [0.1, 0.15) is 30.5 Å². The third-order valence-corrected chi connectivity index (χ3v) is 3.15. The molecule has 5 nitrogen and oxygen atoms in total. The zero-order chi connectivity index (χ0) is 12.7. The Morgan fingerprint density at radius 2 is 2.39 bits per heavy atom. The molecule has 3 heterocycles. The first-order valence-corrected chi connectivity index (χ1v) is 5.69. The summed E-state index contributed by atoms with van der Waals surface area (Å²) in [6.07, 6.45) is 2.08. The summed E-state index contributed by atoms with van der Waals surface area (Å²) in [5, 5.41) is 12.7. The molecular weight excluding hydrogens is 228 g/mol. The lowest BCUT2D eigenvalue weighted by molar-refractivity contribution is -0.116. The van der Waals surface area contributed by atoms with Crippen LogP contribution < -0.4 is 5.32 Å². The zero-order valence-corrected chi connectivity index (χ0v) is 9.77. The second-order valence-corrected chi connectivity index (χ2v) is 4.39. The Labute approximate surface area is 103 Å². The van der Waals surface area contributed by atoms with Gasteiger partial charge in [0.15, 0.2) is 5.69 Å². The van der Waals surface area contributed by atoms with Gasteiger partial charge < -0.3 is 5.32 Å². The molecule has 2 aromatic rings. The molecule has 0 saturated heterocycles. The smallest absolute Gasteiger partial charge is 0.226 e. The summed E-state index contributed by atoms with van der Waals surface area (Å²) in [4.78, 5) is 19.9. The van der Waals surface area contributed by atoms with Gasteiger partial charge in [0.2, 0.25) is 5.91 Å². The molecule has 1 amide bonds. The van der Waals surface area contributed by atoms with Crippen LogP contribution in [0, 0.1) is 11.3 Å². The monoisotopic (exact) mass is 238 g/mol. The number of nitriles is 1. The van der Waals surface area contributed by atoms with E-state index in [4.69, 9.17) is 5.26 Å². The van der Waals surface area contributed by atoms with E-state index < -0.39 is 0 Å². The Bertz CT molecular complexity index is 702. The minimum absolute atomic E-state index is 0.0605. The van der Waals surface area contributed by atoms with Gasteiger partial charge in [0.05, 0.1) is 0 Å². The average Bonchev–Trinajstić information content (AvgIpc) is 2.36. The van der Waals surface area contributed by atoms with Crippen molar-refractivity contribution in [2.24, 2.45) is 0 Å². The highest BCUT2D eigenvalue weighted by atomic mass is 16.1. The molecule has 1 aliphatic heterocycles. The van der Waals surface area contributed by atoms with Crippen LogP contribution in [0.3, 0.4) is 0 Å². The highest BCUT2D eigenvalue weighted by Gasteiger charge is 2.26. The number of nitrogens with one attached hydrogen (secondary N) is 1. The summed E-state index contributed by atoms with van der Waals surface area (Å²) in [5.74, 6) is 0.520. The van der Waals surface area contributed by atoms with E-state index in [0.717, 1.165) is 10.9 Å². The quantitative estimate of drug-likeness (QED) is 0.760. The van der Waals surface area contributed by atoms with Crippen LogP contribution in [0.2, 0.25) is 0 Å². The molecule has 2 aromatic heterocycles. The zero-order valence-electron chi connectivity index (χ0n) is 9.77. The second kappa shape index (κ2) is 3.77. The lowest BCUT2D eigenvalue weighted by Crippen LogP contribution is -2.23. The standard InChI is InChI=1S/C13H10N4O/c1-7-5-10(18)17-13-11(7)8-3-2-4-15-12(8)9(6-14)16-13/h2-4,7H,5H2,1H3,(H,16,17,18). The van der Waals surface area contributed by atoms with Gasteiger partial charge in [0, 0.05) is 23.6 Å². The molecule has 88 valence electrons. The Hall–Kier alpha value is -2.48. The normalized spacial score (nSPS) is 18.0. The Morgan fingerprint density at radius 1 is 1.56 bits per heavy atom. The predicted molar refractivity (Wildman–Crippen MR) is 65.9 cm³/mol. The fourth-order valence-corrected chi connectivity index (χ4v) is 2.40. The van der Waals surface area contributed by atoms with Gasteiger partial charge in [0.25, 0.3) is 0 Å². The van der Waals surface area contributed by atoms with Gasteiger partial charge in [-0.25, -0.2) is 4.98 Å². The number of amides is 1. The van der Waals surface area contributed by atoms with Gasteiger partial charge in [-0.05, 0) is 12.0 Å². The Morgan fingerprint density at radius 3 is 3.17 bits per heavy atom. The number of anilines is 1. The summed E-state index contributed by atoms with van der Waals surface area (Å²) in [6, 6.07) is 5.77. The van der Waals surface area contributed by atoms with Crippen molar-refractivity contribution in [3.05, 3.63) is 29.6 Å². The molecule has 0 radical (unpaired) electrons. The minimum atomic E-state index is -0.0605. The van der Waals surface area contributed by atoms with E-state index in [1.807, 2.05) is 25.1 Å².